The Bertz CT molecular complexity index is 623. The van der Waals surface area contributed by atoms with Gasteiger partial charge in [-0.05, 0) is 0 Å². The molecule has 3 N–H and O–H groups in total. The van der Waals surface area contributed by atoms with E-state index < -0.39 is 5.91 Å². The van der Waals surface area contributed by atoms with Crippen LogP contribution in [0.25, 0.3) is 11.3 Å². The summed E-state index contributed by atoms with van der Waals surface area (Å²) in [5.74, 6) is 0.767. The van der Waals surface area contributed by atoms with Gasteiger partial charge in [0.2, 0.25) is 0 Å². The smallest absolute Gasteiger partial charge is 0.254 e. The highest BCUT2D eigenvalue weighted by molar-refractivity contribution is 6.03. The fourth-order valence-electron chi connectivity index (χ4n) is 1.96. The van der Waals surface area contributed by atoms with Gasteiger partial charge in [0.15, 0.2) is 0 Å². The molecule has 5 nitrogen and oxygen atoms in total. The summed E-state index contributed by atoms with van der Waals surface area (Å²) in [5, 5.41) is 2.93. The summed E-state index contributed by atoms with van der Waals surface area (Å²) in [6.07, 6.45) is 0. The third-order valence-corrected chi connectivity index (χ3v) is 2.97. The molecular weight excluding hydrogens is 252 g/mol. The van der Waals surface area contributed by atoms with Crippen LogP contribution in [0, 0.1) is 0 Å². The highest BCUT2D eigenvalue weighted by atomic mass is 16.1. The number of nitrogens with zero attached hydrogens (tertiary/aromatic N) is 2. The first kappa shape index (κ1) is 14.0. The maximum Gasteiger partial charge on any atom is 0.254 e. The molecule has 5 heteroatoms. The molecule has 0 aliphatic rings. The molecule has 0 saturated carbocycles. The Morgan fingerprint density at radius 1 is 1.20 bits per heavy atom. The summed E-state index contributed by atoms with van der Waals surface area (Å²) < 4.78 is 0. The SMILES string of the molecule is CNc1nc(C(C)C)nc(-c2ccccc2)c1C(N)=O. The summed E-state index contributed by atoms with van der Waals surface area (Å²) in [5.41, 5.74) is 7.24. The van der Waals surface area contributed by atoms with Gasteiger partial charge in [-0.3, -0.25) is 4.79 Å². The molecule has 0 spiro atoms. The van der Waals surface area contributed by atoms with Gasteiger partial charge in [0.25, 0.3) is 5.91 Å². The summed E-state index contributed by atoms with van der Waals surface area (Å²) >= 11 is 0. The van der Waals surface area contributed by atoms with Gasteiger partial charge in [0.1, 0.15) is 17.2 Å². The number of hydrogen-bond acceptors (Lipinski definition) is 4. The highest BCUT2D eigenvalue weighted by Crippen LogP contribution is 2.27. The maximum atomic E-state index is 11.8. The van der Waals surface area contributed by atoms with Gasteiger partial charge < -0.3 is 11.1 Å². The normalized spacial score (nSPS) is 10.6. The van der Waals surface area contributed by atoms with Crippen LogP contribution >= 0.6 is 0 Å². The zero-order valence-corrected chi connectivity index (χ0v) is 11.8. The molecular formula is C15H18N4O. The Labute approximate surface area is 118 Å². The molecule has 1 amide bonds. The Kier molecular flexibility index (Phi) is 3.98. The number of carbonyl (C=O) groups is 1. The fraction of sp³-hybridized carbons (Fsp3) is 0.267. The average molecular weight is 270 g/mol. The zero-order chi connectivity index (χ0) is 14.7. The number of nitrogens with one attached hydrogen (secondary N) is 1. The average Bonchev–Trinajstić information content (AvgIpc) is 2.46. The summed E-state index contributed by atoms with van der Waals surface area (Å²) in [6.45, 7) is 4.01. The Morgan fingerprint density at radius 2 is 1.85 bits per heavy atom. The number of rotatable bonds is 4. The molecule has 1 aromatic carbocycles. The second-order valence-electron chi connectivity index (χ2n) is 4.79. The van der Waals surface area contributed by atoms with Crippen molar-refractivity contribution in [3.05, 3.63) is 41.7 Å². The second-order valence-corrected chi connectivity index (χ2v) is 4.79. The third kappa shape index (κ3) is 2.61. The first-order valence-electron chi connectivity index (χ1n) is 6.49. The van der Waals surface area contributed by atoms with Gasteiger partial charge in [0.05, 0.1) is 5.69 Å². The Morgan fingerprint density at radius 3 is 2.35 bits per heavy atom. The summed E-state index contributed by atoms with van der Waals surface area (Å²) in [7, 11) is 1.72. The monoisotopic (exact) mass is 270 g/mol. The van der Waals surface area contributed by atoms with E-state index in [1.165, 1.54) is 0 Å². The van der Waals surface area contributed by atoms with Crippen molar-refractivity contribution in [2.75, 3.05) is 12.4 Å². The van der Waals surface area contributed by atoms with E-state index in [9.17, 15) is 4.79 Å². The molecule has 0 bridgehead atoms. The third-order valence-electron chi connectivity index (χ3n) is 2.97. The highest BCUT2D eigenvalue weighted by Gasteiger charge is 2.20. The van der Waals surface area contributed by atoms with Crippen LogP contribution in [0.5, 0.6) is 0 Å². The summed E-state index contributed by atoms with van der Waals surface area (Å²) in [6, 6.07) is 9.51. The first-order chi connectivity index (χ1) is 9.54. The van der Waals surface area contributed by atoms with Crippen molar-refractivity contribution in [1.29, 1.82) is 0 Å². The predicted molar refractivity (Wildman–Crippen MR) is 79.6 cm³/mol. The van der Waals surface area contributed by atoms with Crippen molar-refractivity contribution in [2.24, 2.45) is 5.73 Å². The van der Waals surface area contributed by atoms with Gasteiger partial charge in [0, 0.05) is 18.5 Å². The van der Waals surface area contributed by atoms with Crippen LogP contribution in [0.4, 0.5) is 5.82 Å². The molecule has 0 aliphatic heterocycles. The molecule has 1 aromatic heterocycles. The number of benzene rings is 1. The second kappa shape index (κ2) is 5.69. The molecule has 0 saturated heterocycles. The van der Waals surface area contributed by atoms with Crippen LogP contribution in [0.2, 0.25) is 0 Å². The van der Waals surface area contributed by atoms with Crippen molar-refractivity contribution < 1.29 is 4.79 Å². The van der Waals surface area contributed by atoms with E-state index >= 15 is 0 Å². The van der Waals surface area contributed by atoms with E-state index in [4.69, 9.17) is 5.73 Å². The topological polar surface area (TPSA) is 80.9 Å². The lowest BCUT2D eigenvalue weighted by Crippen LogP contribution is -2.18. The van der Waals surface area contributed by atoms with Crippen molar-refractivity contribution in [2.45, 2.75) is 19.8 Å². The molecule has 0 fully saturated rings. The minimum Gasteiger partial charge on any atom is -0.372 e. The van der Waals surface area contributed by atoms with E-state index in [-0.39, 0.29) is 5.92 Å². The van der Waals surface area contributed by atoms with Crippen molar-refractivity contribution in [3.8, 4) is 11.3 Å². The molecule has 20 heavy (non-hydrogen) atoms. The number of amides is 1. The van der Waals surface area contributed by atoms with Crippen molar-refractivity contribution >= 4 is 11.7 Å². The number of nitrogens with two attached hydrogens (primary N) is 1. The van der Waals surface area contributed by atoms with Gasteiger partial charge >= 0.3 is 0 Å². The minimum atomic E-state index is -0.538. The molecule has 2 aromatic rings. The van der Waals surface area contributed by atoms with Crippen LogP contribution < -0.4 is 11.1 Å². The largest absolute Gasteiger partial charge is 0.372 e. The molecule has 104 valence electrons. The van der Waals surface area contributed by atoms with Crippen molar-refractivity contribution in [3.63, 3.8) is 0 Å². The molecule has 0 atom stereocenters. The summed E-state index contributed by atoms with van der Waals surface area (Å²) in [4.78, 5) is 20.7. The number of primary amides is 1. The zero-order valence-electron chi connectivity index (χ0n) is 11.8. The van der Waals surface area contributed by atoms with Gasteiger partial charge in [-0.15, -0.1) is 0 Å². The molecule has 0 unspecified atom stereocenters. The van der Waals surface area contributed by atoms with Crippen LogP contribution in [0.15, 0.2) is 30.3 Å². The molecule has 0 radical (unpaired) electrons. The van der Waals surface area contributed by atoms with Crippen molar-refractivity contribution in [1.82, 2.24) is 9.97 Å². The lowest BCUT2D eigenvalue weighted by molar-refractivity contribution is 0.100. The standard InChI is InChI=1S/C15H18N4O/c1-9(2)14-18-12(10-7-5-4-6-8-10)11(13(16)20)15(17-3)19-14/h4-9H,1-3H3,(H2,16,20)(H,17,18,19). The first-order valence-corrected chi connectivity index (χ1v) is 6.49. The Balaban J connectivity index is 2.75. The van der Waals surface area contributed by atoms with Gasteiger partial charge in [-0.2, -0.15) is 0 Å². The fourth-order valence-corrected chi connectivity index (χ4v) is 1.96. The van der Waals surface area contributed by atoms with E-state index in [0.717, 1.165) is 5.56 Å². The predicted octanol–water partition coefficient (Wildman–Crippen LogP) is 2.41. The number of anilines is 1. The van der Waals surface area contributed by atoms with Gasteiger partial charge in [-0.1, -0.05) is 44.2 Å². The Hall–Kier alpha value is -2.43. The maximum absolute atomic E-state index is 11.8. The van der Waals surface area contributed by atoms with Crippen LogP contribution in [-0.4, -0.2) is 22.9 Å². The van der Waals surface area contributed by atoms with Crippen LogP contribution in [-0.2, 0) is 0 Å². The van der Waals surface area contributed by atoms with E-state index in [1.807, 2.05) is 44.2 Å². The lowest BCUT2D eigenvalue weighted by atomic mass is 10.0. The minimum absolute atomic E-state index is 0.159. The van der Waals surface area contributed by atoms with E-state index in [1.54, 1.807) is 7.05 Å². The quantitative estimate of drug-likeness (QED) is 0.894. The van der Waals surface area contributed by atoms with Gasteiger partial charge in [-0.25, -0.2) is 9.97 Å². The molecule has 0 aliphatic carbocycles. The van der Waals surface area contributed by atoms with Crippen LogP contribution in [0.3, 0.4) is 0 Å². The number of aromatic nitrogens is 2. The molecule has 2 rings (SSSR count). The van der Waals surface area contributed by atoms with Crippen LogP contribution in [0.1, 0.15) is 35.9 Å². The lowest BCUT2D eigenvalue weighted by Gasteiger charge is -2.14. The number of carbonyl (C=O) groups excluding carboxylic acids is 1. The molecule has 1 heterocycles. The van der Waals surface area contributed by atoms with E-state index in [0.29, 0.717) is 22.9 Å². The van der Waals surface area contributed by atoms with E-state index in [2.05, 4.69) is 15.3 Å². The number of hydrogen-bond donors (Lipinski definition) is 2.